The highest BCUT2D eigenvalue weighted by Gasteiger charge is 1.98. The van der Waals surface area contributed by atoms with Crippen LogP contribution in [0, 0.1) is 5.82 Å². The van der Waals surface area contributed by atoms with Crippen molar-refractivity contribution in [1.82, 2.24) is 0 Å². The van der Waals surface area contributed by atoms with E-state index in [1.54, 1.807) is 6.07 Å². The molecule has 0 bridgehead atoms. The van der Waals surface area contributed by atoms with Gasteiger partial charge in [0, 0.05) is 6.04 Å². The highest BCUT2D eigenvalue weighted by Crippen LogP contribution is 2.09. The first-order chi connectivity index (χ1) is 4.70. The lowest BCUT2D eigenvalue weighted by molar-refractivity contribution is 0.622. The summed E-state index contributed by atoms with van der Waals surface area (Å²) in [5.74, 6) is -0.227. The number of benzene rings is 1. The van der Waals surface area contributed by atoms with E-state index in [4.69, 9.17) is 5.73 Å². The molecule has 0 aliphatic heterocycles. The highest BCUT2D eigenvalue weighted by molar-refractivity contribution is 5.85. The van der Waals surface area contributed by atoms with Gasteiger partial charge in [-0.2, -0.15) is 0 Å². The molecular formula is C8H11ClFN. The first kappa shape index (κ1) is 10.4. The van der Waals surface area contributed by atoms with Gasteiger partial charge < -0.3 is 5.73 Å². The van der Waals surface area contributed by atoms with Gasteiger partial charge in [0.1, 0.15) is 5.82 Å². The SMILES string of the molecule is C[C@H](N)c1cccc(F)c1.Cl. The van der Waals surface area contributed by atoms with Gasteiger partial charge in [-0.1, -0.05) is 12.1 Å². The predicted molar refractivity (Wildman–Crippen MR) is 46.3 cm³/mol. The van der Waals surface area contributed by atoms with Gasteiger partial charge in [-0.15, -0.1) is 12.4 Å². The van der Waals surface area contributed by atoms with Crippen LogP contribution in [0.15, 0.2) is 24.3 Å². The zero-order valence-corrected chi connectivity index (χ0v) is 7.07. The molecule has 0 unspecified atom stereocenters. The second-order valence-electron chi connectivity index (χ2n) is 2.34. The molecule has 0 spiro atoms. The van der Waals surface area contributed by atoms with Crippen molar-refractivity contribution in [1.29, 1.82) is 0 Å². The summed E-state index contributed by atoms with van der Waals surface area (Å²) in [6.45, 7) is 1.83. The Labute approximate surface area is 71.8 Å². The zero-order chi connectivity index (χ0) is 7.56. The molecular weight excluding hydrogens is 165 g/mol. The van der Waals surface area contributed by atoms with E-state index in [9.17, 15) is 4.39 Å². The Morgan fingerprint density at radius 1 is 1.45 bits per heavy atom. The van der Waals surface area contributed by atoms with E-state index in [-0.39, 0.29) is 24.3 Å². The van der Waals surface area contributed by atoms with Gasteiger partial charge in [0.15, 0.2) is 0 Å². The Balaban J connectivity index is 0.000001000. The standard InChI is InChI=1S/C8H10FN.ClH/c1-6(10)7-3-2-4-8(9)5-7;/h2-6H,10H2,1H3;1H/t6-;/m0./s1. The van der Waals surface area contributed by atoms with Gasteiger partial charge >= 0.3 is 0 Å². The van der Waals surface area contributed by atoms with Crippen molar-refractivity contribution in [3.8, 4) is 0 Å². The summed E-state index contributed by atoms with van der Waals surface area (Å²) in [6.07, 6.45) is 0. The molecule has 0 fully saturated rings. The van der Waals surface area contributed by atoms with Crippen LogP contribution in [0.4, 0.5) is 4.39 Å². The molecule has 3 heteroatoms. The lowest BCUT2D eigenvalue weighted by Gasteiger charge is -2.03. The van der Waals surface area contributed by atoms with Crippen molar-refractivity contribution >= 4 is 12.4 Å². The van der Waals surface area contributed by atoms with Crippen molar-refractivity contribution in [3.05, 3.63) is 35.6 Å². The van der Waals surface area contributed by atoms with Crippen molar-refractivity contribution < 1.29 is 4.39 Å². The molecule has 1 nitrogen and oxygen atoms in total. The molecule has 1 aromatic carbocycles. The number of nitrogens with two attached hydrogens (primary N) is 1. The maximum Gasteiger partial charge on any atom is 0.123 e. The number of rotatable bonds is 1. The third-order valence-electron chi connectivity index (χ3n) is 1.37. The molecule has 1 atom stereocenters. The Kier molecular flexibility index (Phi) is 4.08. The third kappa shape index (κ3) is 2.87. The lowest BCUT2D eigenvalue weighted by Crippen LogP contribution is -2.04. The molecule has 0 aliphatic carbocycles. The molecule has 0 radical (unpaired) electrons. The van der Waals surface area contributed by atoms with E-state index >= 15 is 0 Å². The predicted octanol–water partition coefficient (Wildman–Crippen LogP) is 2.27. The monoisotopic (exact) mass is 175 g/mol. The molecule has 0 heterocycles. The average molecular weight is 176 g/mol. The lowest BCUT2D eigenvalue weighted by atomic mass is 10.1. The molecule has 0 amide bonds. The van der Waals surface area contributed by atoms with Gasteiger partial charge in [0.05, 0.1) is 0 Å². The van der Waals surface area contributed by atoms with Crippen LogP contribution >= 0.6 is 12.4 Å². The Bertz CT molecular complexity index is 225. The van der Waals surface area contributed by atoms with Crippen molar-refractivity contribution in [2.75, 3.05) is 0 Å². The van der Waals surface area contributed by atoms with Crippen LogP contribution in [0.2, 0.25) is 0 Å². The van der Waals surface area contributed by atoms with Crippen molar-refractivity contribution in [3.63, 3.8) is 0 Å². The van der Waals surface area contributed by atoms with Crippen LogP contribution in [-0.2, 0) is 0 Å². The summed E-state index contributed by atoms with van der Waals surface area (Å²) in [6, 6.07) is 6.24. The quantitative estimate of drug-likeness (QED) is 0.696. The smallest absolute Gasteiger partial charge is 0.123 e. The summed E-state index contributed by atoms with van der Waals surface area (Å²) in [7, 11) is 0. The summed E-state index contributed by atoms with van der Waals surface area (Å²) in [5.41, 5.74) is 6.35. The van der Waals surface area contributed by atoms with E-state index < -0.39 is 0 Å². The molecule has 62 valence electrons. The fourth-order valence-corrected chi connectivity index (χ4v) is 0.790. The van der Waals surface area contributed by atoms with Crippen LogP contribution in [0.25, 0.3) is 0 Å². The fraction of sp³-hybridized carbons (Fsp3) is 0.250. The number of hydrogen-bond donors (Lipinski definition) is 1. The van der Waals surface area contributed by atoms with Crippen LogP contribution in [0.5, 0.6) is 0 Å². The Morgan fingerprint density at radius 3 is 2.45 bits per heavy atom. The number of halogens is 2. The maximum atomic E-state index is 12.5. The normalized spacial score (nSPS) is 11.9. The molecule has 1 aromatic rings. The largest absolute Gasteiger partial charge is 0.324 e. The topological polar surface area (TPSA) is 26.0 Å². The zero-order valence-electron chi connectivity index (χ0n) is 6.25. The molecule has 0 aromatic heterocycles. The second-order valence-corrected chi connectivity index (χ2v) is 2.34. The minimum Gasteiger partial charge on any atom is -0.324 e. The van der Waals surface area contributed by atoms with E-state index in [1.807, 2.05) is 13.0 Å². The Hall–Kier alpha value is -0.600. The first-order valence-corrected chi connectivity index (χ1v) is 3.21. The number of hydrogen-bond acceptors (Lipinski definition) is 1. The van der Waals surface area contributed by atoms with Gasteiger partial charge in [-0.3, -0.25) is 0 Å². The minimum atomic E-state index is -0.227. The highest BCUT2D eigenvalue weighted by atomic mass is 35.5. The second kappa shape index (κ2) is 4.31. The van der Waals surface area contributed by atoms with Crippen LogP contribution in [-0.4, -0.2) is 0 Å². The fourth-order valence-electron chi connectivity index (χ4n) is 0.790. The van der Waals surface area contributed by atoms with Gasteiger partial charge in [0.25, 0.3) is 0 Å². The van der Waals surface area contributed by atoms with Crippen LogP contribution in [0.3, 0.4) is 0 Å². The van der Waals surface area contributed by atoms with Crippen LogP contribution < -0.4 is 5.73 Å². The van der Waals surface area contributed by atoms with E-state index in [2.05, 4.69) is 0 Å². The van der Waals surface area contributed by atoms with E-state index in [0.29, 0.717) is 0 Å². The molecule has 0 aliphatic rings. The van der Waals surface area contributed by atoms with Crippen molar-refractivity contribution in [2.45, 2.75) is 13.0 Å². The van der Waals surface area contributed by atoms with Gasteiger partial charge in [0.2, 0.25) is 0 Å². The molecule has 2 N–H and O–H groups in total. The van der Waals surface area contributed by atoms with Gasteiger partial charge in [-0.05, 0) is 24.6 Å². The minimum absolute atomic E-state index is 0. The molecule has 11 heavy (non-hydrogen) atoms. The molecule has 0 saturated carbocycles. The molecule has 0 saturated heterocycles. The summed E-state index contributed by atoms with van der Waals surface area (Å²) in [4.78, 5) is 0. The molecule has 1 rings (SSSR count). The van der Waals surface area contributed by atoms with Crippen molar-refractivity contribution in [2.24, 2.45) is 5.73 Å². The van der Waals surface area contributed by atoms with E-state index in [0.717, 1.165) is 5.56 Å². The maximum absolute atomic E-state index is 12.5. The Morgan fingerprint density at radius 2 is 2.09 bits per heavy atom. The summed E-state index contributed by atoms with van der Waals surface area (Å²) in [5, 5.41) is 0. The third-order valence-corrected chi connectivity index (χ3v) is 1.37. The van der Waals surface area contributed by atoms with E-state index in [1.165, 1.54) is 12.1 Å². The average Bonchev–Trinajstić information content (AvgIpc) is 1.88. The first-order valence-electron chi connectivity index (χ1n) is 3.21. The van der Waals surface area contributed by atoms with Gasteiger partial charge in [-0.25, -0.2) is 4.39 Å². The van der Waals surface area contributed by atoms with Crippen LogP contribution in [0.1, 0.15) is 18.5 Å². The summed E-state index contributed by atoms with van der Waals surface area (Å²) < 4.78 is 12.5. The summed E-state index contributed by atoms with van der Waals surface area (Å²) >= 11 is 0.